The van der Waals surface area contributed by atoms with Crippen molar-refractivity contribution in [2.45, 2.75) is 25.0 Å². The van der Waals surface area contributed by atoms with Crippen molar-refractivity contribution in [1.82, 2.24) is 9.80 Å². The number of hydrogen-bond acceptors (Lipinski definition) is 7. The number of esters is 1. The van der Waals surface area contributed by atoms with Crippen molar-refractivity contribution < 1.29 is 23.7 Å². The summed E-state index contributed by atoms with van der Waals surface area (Å²) < 4.78 is 22.2. The molecule has 156 valence electrons. The number of rotatable bonds is 6. The molecule has 0 N–H and O–H groups in total. The number of benzene rings is 1. The summed E-state index contributed by atoms with van der Waals surface area (Å²) >= 11 is 0. The van der Waals surface area contributed by atoms with Crippen LogP contribution < -0.4 is 14.2 Å². The van der Waals surface area contributed by atoms with Crippen molar-refractivity contribution in [1.29, 1.82) is 0 Å². The number of likely N-dealkylation sites (tertiary alicyclic amines) is 1. The van der Waals surface area contributed by atoms with E-state index < -0.39 is 0 Å². The molecule has 0 aromatic heterocycles. The molecule has 7 heteroatoms. The lowest BCUT2D eigenvalue weighted by molar-refractivity contribution is -0.0873. The Morgan fingerprint density at radius 2 is 1.68 bits per heavy atom. The van der Waals surface area contributed by atoms with Crippen LogP contribution in [0.15, 0.2) is 12.1 Å². The molecule has 2 bridgehead atoms. The van der Waals surface area contributed by atoms with Crippen LogP contribution in [-0.4, -0.2) is 83.5 Å². The first-order valence-corrected chi connectivity index (χ1v) is 9.75. The Bertz CT molecular complexity index is 683. The lowest BCUT2D eigenvalue weighted by atomic mass is 9.72. The zero-order valence-corrected chi connectivity index (χ0v) is 17.7. The van der Waals surface area contributed by atoms with Gasteiger partial charge in [-0.25, -0.2) is 4.79 Å². The standard InChI is InChI=1S/C21H32N2O5/c1-22(2)16-8-7-13-11-23(3)12-15(16)19(13)28-21(24)14-9-17(25-4)20(27-6)18(10-14)26-5/h9-10,13,15-16,19H,7-8,11-12H2,1-6H3. The van der Waals surface area contributed by atoms with E-state index in [1.54, 1.807) is 19.2 Å². The van der Waals surface area contributed by atoms with Gasteiger partial charge in [-0.2, -0.15) is 0 Å². The van der Waals surface area contributed by atoms with Gasteiger partial charge in [-0.15, -0.1) is 0 Å². The fourth-order valence-electron chi connectivity index (χ4n) is 4.80. The minimum atomic E-state index is -0.344. The number of nitrogens with zero attached hydrogens (tertiary/aromatic N) is 2. The van der Waals surface area contributed by atoms with Crippen molar-refractivity contribution in [2.75, 3.05) is 55.6 Å². The van der Waals surface area contributed by atoms with Gasteiger partial charge in [-0.3, -0.25) is 0 Å². The highest BCUT2D eigenvalue weighted by Gasteiger charge is 2.46. The first kappa shape index (κ1) is 20.7. The molecule has 0 radical (unpaired) electrons. The van der Waals surface area contributed by atoms with Gasteiger partial charge in [0.15, 0.2) is 11.5 Å². The maximum atomic E-state index is 13.0. The van der Waals surface area contributed by atoms with Crippen LogP contribution in [0.4, 0.5) is 0 Å². The lowest BCUT2D eigenvalue weighted by Gasteiger charge is -2.50. The molecular weight excluding hydrogens is 360 g/mol. The summed E-state index contributed by atoms with van der Waals surface area (Å²) in [6.07, 6.45) is 2.13. The van der Waals surface area contributed by atoms with Gasteiger partial charge in [-0.05, 0) is 46.1 Å². The molecule has 0 amide bonds. The highest BCUT2D eigenvalue weighted by molar-refractivity contribution is 5.91. The number of hydrogen-bond donors (Lipinski definition) is 0. The lowest BCUT2D eigenvalue weighted by Crippen LogP contribution is -2.59. The number of piperidine rings is 1. The normalized spacial score (nSPS) is 27.4. The predicted molar refractivity (Wildman–Crippen MR) is 106 cm³/mol. The summed E-state index contributed by atoms with van der Waals surface area (Å²) in [5, 5.41) is 0. The first-order chi connectivity index (χ1) is 13.4. The smallest absolute Gasteiger partial charge is 0.338 e. The summed E-state index contributed by atoms with van der Waals surface area (Å²) in [7, 11) is 11.0. The first-order valence-electron chi connectivity index (χ1n) is 9.75. The van der Waals surface area contributed by atoms with E-state index in [-0.39, 0.29) is 12.1 Å². The predicted octanol–water partition coefficient (Wildman–Crippen LogP) is 2.14. The Morgan fingerprint density at radius 3 is 2.21 bits per heavy atom. The van der Waals surface area contributed by atoms with Gasteiger partial charge in [0.1, 0.15) is 6.10 Å². The molecule has 4 atom stereocenters. The molecule has 1 saturated carbocycles. The summed E-state index contributed by atoms with van der Waals surface area (Å²) in [5.41, 5.74) is 0.410. The third kappa shape index (κ3) is 3.91. The molecule has 4 unspecified atom stereocenters. The van der Waals surface area contributed by atoms with Gasteiger partial charge >= 0.3 is 5.97 Å². The summed E-state index contributed by atoms with van der Waals surface area (Å²) in [6, 6.07) is 3.71. The van der Waals surface area contributed by atoms with Gasteiger partial charge in [-0.1, -0.05) is 0 Å². The molecule has 2 aliphatic rings. The molecule has 1 aliphatic carbocycles. The second kappa shape index (κ2) is 8.57. The maximum Gasteiger partial charge on any atom is 0.338 e. The van der Waals surface area contributed by atoms with Crippen molar-refractivity contribution in [2.24, 2.45) is 11.8 Å². The van der Waals surface area contributed by atoms with E-state index >= 15 is 0 Å². The Balaban J connectivity index is 1.85. The average molecular weight is 392 g/mol. The van der Waals surface area contributed by atoms with Gasteiger partial charge in [0, 0.05) is 31.0 Å². The average Bonchev–Trinajstić information content (AvgIpc) is 2.67. The van der Waals surface area contributed by atoms with E-state index in [9.17, 15) is 4.79 Å². The minimum Gasteiger partial charge on any atom is -0.493 e. The van der Waals surface area contributed by atoms with Gasteiger partial charge < -0.3 is 28.7 Å². The molecule has 7 nitrogen and oxygen atoms in total. The quantitative estimate of drug-likeness (QED) is 0.688. The molecule has 1 heterocycles. The highest BCUT2D eigenvalue weighted by Crippen LogP contribution is 2.41. The van der Waals surface area contributed by atoms with E-state index in [0.29, 0.717) is 40.7 Å². The number of ether oxygens (including phenoxy) is 4. The number of carbonyl (C=O) groups is 1. The van der Waals surface area contributed by atoms with Crippen LogP contribution in [-0.2, 0) is 4.74 Å². The van der Waals surface area contributed by atoms with Crippen molar-refractivity contribution in [3.63, 3.8) is 0 Å². The van der Waals surface area contributed by atoms with Crippen LogP contribution in [0, 0.1) is 11.8 Å². The van der Waals surface area contributed by atoms with E-state index in [1.807, 2.05) is 0 Å². The SMILES string of the molecule is COc1cc(C(=O)OC2C3CCC(N(C)C)C2CN(C)C3)cc(OC)c1OC. The Kier molecular flexibility index (Phi) is 6.35. The van der Waals surface area contributed by atoms with Crippen LogP contribution >= 0.6 is 0 Å². The molecule has 1 aromatic carbocycles. The molecule has 3 rings (SSSR count). The third-order valence-electron chi connectivity index (χ3n) is 6.09. The monoisotopic (exact) mass is 392 g/mol. The summed E-state index contributed by atoms with van der Waals surface area (Å²) in [4.78, 5) is 17.7. The van der Waals surface area contributed by atoms with Crippen LogP contribution in [0.25, 0.3) is 0 Å². The molecule has 0 spiro atoms. The van der Waals surface area contributed by atoms with Crippen molar-refractivity contribution >= 4 is 5.97 Å². The molecular formula is C21H32N2O5. The van der Waals surface area contributed by atoms with Crippen LogP contribution in [0.1, 0.15) is 23.2 Å². The van der Waals surface area contributed by atoms with E-state index in [0.717, 1.165) is 25.9 Å². The van der Waals surface area contributed by atoms with Crippen molar-refractivity contribution in [3.05, 3.63) is 17.7 Å². The highest BCUT2D eigenvalue weighted by atomic mass is 16.5. The maximum absolute atomic E-state index is 13.0. The second-order valence-electron chi connectivity index (χ2n) is 8.04. The molecule has 1 saturated heterocycles. The molecule has 2 fully saturated rings. The van der Waals surface area contributed by atoms with Gasteiger partial charge in [0.05, 0.1) is 26.9 Å². The topological polar surface area (TPSA) is 60.5 Å². The molecule has 1 aromatic rings. The summed E-state index contributed by atoms with van der Waals surface area (Å²) in [6.45, 7) is 1.90. The fourth-order valence-corrected chi connectivity index (χ4v) is 4.80. The number of carbonyl (C=O) groups excluding carboxylic acids is 1. The van der Waals surface area contributed by atoms with Gasteiger partial charge in [0.25, 0.3) is 0 Å². The zero-order chi connectivity index (χ0) is 20.4. The van der Waals surface area contributed by atoms with Crippen LogP contribution in [0.2, 0.25) is 0 Å². The van der Waals surface area contributed by atoms with E-state index in [4.69, 9.17) is 18.9 Å². The van der Waals surface area contributed by atoms with E-state index in [1.165, 1.54) is 14.2 Å². The molecule has 1 aliphatic heterocycles. The van der Waals surface area contributed by atoms with Gasteiger partial charge in [0.2, 0.25) is 5.75 Å². The second-order valence-corrected chi connectivity index (χ2v) is 8.04. The summed E-state index contributed by atoms with van der Waals surface area (Å²) in [5.74, 6) is 1.69. The Hall–Kier alpha value is -1.99. The number of fused-ring (bicyclic) bond motifs is 2. The number of methoxy groups -OCH3 is 3. The van der Waals surface area contributed by atoms with Crippen molar-refractivity contribution in [3.8, 4) is 17.2 Å². The zero-order valence-electron chi connectivity index (χ0n) is 17.7. The van der Waals surface area contributed by atoms with E-state index in [2.05, 4.69) is 30.9 Å². The Labute approximate surface area is 167 Å². The van der Waals surface area contributed by atoms with Crippen LogP contribution in [0.5, 0.6) is 17.2 Å². The minimum absolute atomic E-state index is 0.0797. The largest absolute Gasteiger partial charge is 0.493 e. The fraction of sp³-hybridized carbons (Fsp3) is 0.667. The third-order valence-corrected chi connectivity index (χ3v) is 6.09. The molecule has 28 heavy (non-hydrogen) atoms. The Morgan fingerprint density at radius 1 is 1.04 bits per heavy atom. The van der Waals surface area contributed by atoms with Crippen LogP contribution in [0.3, 0.4) is 0 Å².